The van der Waals surface area contributed by atoms with Crippen LogP contribution in [0.2, 0.25) is 0 Å². The highest BCUT2D eigenvalue weighted by atomic mass is 16.4. The van der Waals surface area contributed by atoms with Crippen LogP contribution in [0.1, 0.15) is 15.9 Å². The van der Waals surface area contributed by atoms with Gasteiger partial charge in [-0.05, 0) is 6.07 Å². The number of carbonyl (C=O) groups is 2. The van der Waals surface area contributed by atoms with Crippen LogP contribution >= 0.6 is 0 Å². The maximum absolute atomic E-state index is 11.8. The van der Waals surface area contributed by atoms with Crippen LogP contribution in [-0.2, 0) is 10.3 Å². The molecule has 1 atom stereocenters. The predicted molar refractivity (Wildman–Crippen MR) is 54.9 cm³/mol. The van der Waals surface area contributed by atoms with Crippen LogP contribution in [0.15, 0.2) is 24.3 Å². The summed E-state index contributed by atoms with van der Waals surface area (Å²) in [5.74, 6) is -1.61. The number of carboxylic acids is 1. The molecule has 1 aromatic rings. The second-order valence-electron chi connectivity index (χ2n) is 3.73. The van der Waals surface area contributed by atoms with E-state index in [1.165, 1.54) is 7.05 Å². The molecule has 1 aliphatic rings. The zero-order valence-electron chi connectivity index (χ0n) is 8.67. The number of rotatable bonds is 2. The summed E-state index contributed by atoms with van der Waals surface area (Å²) < 4.78 is 0. The van der Waals surface area contributed by atoms with E-state index in [0.29, 0.717) is 11.1 Å². The van der Waals surface area contributed by atoms with Crippen LogP contribution < -0.4 is 0 Å². The van der Waals surface area contributed by atoms with Crippen molar-refractivity contribution >= 4 is 11.9 Å². The molecule has 0 aromatic heterocycles. The summed E-state index contributed by atoms with van der Waals surface area (Å²) >= 11 is 0. The van der Waals surface area contributed by atoms with E-state index in [1.54, 1.807) is 24.3 Å². The van der Waals surface area contributed by atoms with Crippen molar-refractivity contribution in [3.05, 3.63) is 35.4 Å². The van der Waals surface area contributed by atoms with Gasteiger partial charge in [-0.15, -0.1) is 0 Å². The summed E-state index contributed by atoms with van der Waals surface area (Å²) in [6.07, 6.45) is 0. The molecule has 1 aromatic carbocycles. The van der Waals surface area contributed by atoms with Gasteiger partial charge in [0, 0.05) is 18.2 Å². The summed E-state index contributed by atoms with van der Waals surface area (Å²) in [5, 5.41) is 18.6. The Labute approximate surface area is 91.9 Å². The van der Waals surface area contributed by atoms with Crippen LogP contribution in [0.25, 0.3) is 0 Å². The fourth-order valence-electron chi connectivity index (χ4n) is 2.08. The van der Waals surface area contributed by atoms with Crippen molar-refractivity contribution in [3.8, 4) is 0 Å². The molecule has 0 saturated heterocycles. The van der Waals surface area contributed by atoms with E-state index in [-0.39, 0.29) is 5.91 Å². The largest absolute Gasteiger partial charge is 0.479 e. The summed E-state index contributed by atoms with van der Waals surface area (Å²) in [7, 11) is 1.38. The Hall–Kier alpha value is -1.88. The maximum atomic E-state index is 11.8. The third-order valence-electron chi connectivity index (χ3n) is 3.06. The zero-order valence-corrected chi connectivity index (χ0v) is 8.67. The molecule has 16 heavy (non-hydrogen) atoms. The minimum atomic E-state index is -1.65. The Kier molecular flexibility index (Phi) is 2.20. The van der Waals surface area contributed by atoms with Crippen molar-refractivity contribution in [2.24, 2.45) is 0 Å². The van der Waals surface area contributed by atoms with E-state index in [0.717, 1.165) is 4.90 Å². The Bertz CT molecular complexity index is 471. The third kappa shape index (κ3) is 1.03. The number of hydrogen-bond acceptors (Lipinski definition) is 3. The molecule has 0 aliphatic carbocycles. The lowest BCUT2D eigenvalue weighted by atomic mass is 9.91. The van der Waals surface area contributed by atoms with Gasteiger partial charge in [0.15, 0.2) is 5.54 Å². The molecule has 0 fully saturated rings. The molecule has 84 valence electrons. The second kappa shape index (κ2) is 3.31. The lowest BCUT2D eigenvalue weighted by Gasteiger charge is -2.30. The van der Waals surface area contributed by atoms with Crippen molar-refractivity contribution < 1.29 is 19.8 Å². The molecular formula is C11H11NO4. The number of carbonyl (C=O) groups excluding carboxylic acids is 1. The minimum absolute atomic E-state index is 0.335. The topological polar surface area (TPSA) is 77.8 Å². The van der Waals surface area contributed by atoms with Gasteiger partial charge in [-0.3, -0.25) is 4.79 Å². The number of carboxylic acid groups (broad SMARTS) is 1. The van der Waals surface area contributed by atoms with Gasteiger partial charge in [0.25, 0.3) is 5.91 Å². The molecule has 0 unspecified atom stereocenters. The number of aliphatic hydroxyl groups is 1. The maximum Gasteiger partial charge on any atom is 0.336 e. The fraction of sp³-hybridized carbons (Fsp3) is 0.273. The summed E-state index contributed by atoms with van der Waals surface area (Å²) in [4.78, 5) is 24.2. The van der Waals surface area contributed by atoms with Gasteiger partial charge in [0.05, 0.1) is 6.61 Å². The van der Waals surface area contributed by atoms with E-state index in [4.69, 9.17) is 0 Å². The Morgan fingerprint density at radius 1 is 1.44 bits per heavy atom. The third-order valence-corrected chi connectivity index (χ3v) is 3.06. The molecule has 2 rings (SSSR count). The highest BCUT2D eigenvalue weighted by Crippen LogP contribution is 2.37. The van der Waals surface area contributed by atoms with Gasteiger partial charge >= 0.3 is 5.97 Å². The molecule has 0 spiro atoms. The number of nitrogens with zero attached hydrogens (tertiary/aromatic N) is 1. The number of fused-ring (bicyclic) bond motifs is 1. The first kappa shape index (κ1) is 10.6. The van der Waals surface area contributed by atoms with Gasteiger partial charge < -0.3 is 15.1 Å². The molecular weight excluding hydrogens is 210 g/mol. The number of hydrogen-bond donors (Lipinski definition) is 2. The van der Waals surface area contributed by atoms with E-state index in [2.05, 4.69) is 0 Å². The van der Waals surface area contributed by atoms with Gasteiger partial charge in [0.1, 0.15) is 0 Å². The predicted octanol–water partition coefficient (Wildman–Crippen LogP) is 0.0444. The molecule has 1 heterocycles. The normalized spacial score (nSPS) is 23.4. The first-order valence-corrected chi connectivity index (χ1v) is 4.77. The first-order valence-electron chi connectivity index (χ1n) is 4.77. The first-order chi connectivity index (χ1) is 7.55. The number of aliphatic carboxylic acids is 1. The van der Waals surface area contributed by atoms with Crippen molar-refractivity contribution in [1.82, 2.24) is 4.90 Å². The van der Waals surface area contributed by atoms with E-state index in [1.807, 2.05) is 0 Å². The second-order valence-corrected chi connectivity index (χ2v) is 3.73. The Morgan fingerprint density at radius 2 is 2.06 bits per heavy atom. The summed E-state index contributed by atoms with van der Waals surface area (Å²) in [5.41, 5.74) is -0.966. The quantitative estimate of drug-likeness (QED) is 0.739. The molecule has 5 nitrogen and oxygen atoms in total. The molecule has 0 bridgehead atoms. The molecule has 2 N–H and O–H groups in total. The van der Waals surface area contributed by atoms with Crippen LogP contribution in [0.3, 0.4) is 0 Å². The monoisotopic (exact) mass is 221 g/mol. The van der Waals surface area contributed by atoms with Crippen LogP contribution in [0.5, 0.6) is 0 Å². The number of benzene rings is 1. The van der Waals surface area contributed by atoms with E-state index in [9.17, 15) is 19.8 Å². The number of amides is 1. The Morgan fingerprint density at radius 3 is 2.62 bits per heavy atom. The highest BCUT2D eigenvalue weighted by Gasteiger charge is 2.53. The summed E-state index contributed by atoms with van der Waals surface area (Å²) in [6, 6.07) is 6.44. The lowest BCUT2D eigenvalue weighted by Crippen LogP contribution is -2.50. The lowest BCUT2D eigenvalue weighted by molar-refractivity contribution is -0.151. The zero-order chi connectivity index (χ0) is 11.9. The average molecular weight is 221 g/mol. The number of aliphatic hydroxyl groups excluding tert-OH is 1. The van der Waals surface area contributed by atoms with Crippen molar-refractivity contribution in [3.63, 3.8) is 0 Å². The smallest absolute Gasteiger partial charge is 0.336 e. The summed E-state index contributed by atoms with van der Waals surface area (Å²) in [6.45, 7) is -0.637. The number of likely N-dealkylation sites (N-methyl/N-ethyl adjacent to an activating group) is 1. The van der Waals surface area contributed by atoms with Gasteiger partial charge in [-0.25, -0.2) is 4.79 Å². The molecule has 5 heteroatoms. The van der Waals surface area contributed by atoms with Crippen molar-refractivity contribution in [2.75, 3.05) is 13.7 Å². The molecule has 1 aliphatic heterocycles. The SMILES string of the molecule is CN1C(=O)c2ccccc2[C@@]1(CO)C(=O)O. The highest BCUT2D eigenvalue weighted by molar-refractivity contribution is 6.05. The van der Waals surface area contributed by atoms with E-state index < -0.39 is 18.1 Å². The fourth-order valence-corrected chi connectivity index (χ4v) is 2.08. The molecule has 0 saturated carbocycles. The molecule has 0 radical (unpaired) electrons. The van der Waals surface area contributed by atoms with E-state index >= 15 is 0 Å². The van der Waals surface area contributed by atoms with Gasteiger partial charge in [-0.2, -0.15) is 0 Å². The van der Waals surface area contributed by atoms with Crippen LogP contribution in [0.4, 0.5) is 0 Å². The standard InChI is InChI=1S/C11H11NO4/c1-12-9(14)7-4-2-3-5-8(7)11(12,6-13)10(15)16/h2-5,13H,6H2,1H3,(H,15,16)/t11-/m0/s1. The van der Waals surface area contributed by atoms with Crippen LogP contribution in [0, 0.1) is 0 Å². The van der Waals surface area contributed by atoms with Gasteiger partial charge in [0.2, 0.25) is 0 Å². The van der Waals surface area contributed by atoms with Crippen molar-refractivity contribution in [2.45, 2.75) is 5.54 Å². The molecule has 1 amide bonds. The van der Waals surface area contributed by atoms with Crippen LogP contribution in [-0.4, -0.2) is 40.6 Å². The average Bonchev–Trinajstić information content (AvgIpc) is 2.50. The van der Waals surface area contributed by atoms with Crippen molar-refractivity contribution in [1.29, 1.82) is 0 Å². The van der Waals surface area contributed by atoms with Gasteiger partial charge in [-0.1, -0.05) is 18.2 Å². The Balaban J connectivity index is 2.73. The minimum Gasteiger partial charge on any atom is -0.479 e.